The first kappa shape index (κ1) is 14.5. The Morgan fingerprint density at radius 3 is 2.07 bits per heavy atom. The maximum Gasteiger partial charge on any atom is 0.223 e. The minimum absolute atomic E-state index is 0.106. The standard InChI is InChI=1S/C13H27NO/c1-6-8-10-14(9-7-2)12(15)11-13(3,4)5/h6-11H2,1-5H3. The average molecular weight is 213 g/mol. The van der Waals surface area contributed by atoms with E-state index in [1.54, 1.807) is 0 Å². The molecule has 0 aliphatic rings. The number of nitrogens with zero attached hydrogens (tertiary/aromatic N) is 1. The van der Waals surface area contributed by atoms with E-state index in [1.165, 1.54) is 0 Å². The van der Waals surface area contributed by atoms with Crippen LogP contribution < -0.4 is 0 Å². The first-order valence-electron chi connectivity index (χ1n) is 6.18. The van der Waals surface area contributed by atoms with Crippen molar-refractivity contribution in [3.05, 3.63) is 0 Å². The topological polar surface area (TPSA) is 20.3 Å². The molecule has 0 atom stereocenters. The number of hydrogen-bond acceptors (Lipinski definition) is 1. The normalized spacial score (nSPS) is 11.5. The Balaban J connectivity index is 4.15. The molecule has 90 valence electrons. The zero-order chi connectivity index (χ0) is 11.9. The van der Waals surface area contributed by atoms with Crippen LogP contribution in [0.25, 0.3) is 0 Å². The Hall–Kier alpha value is -0.530. The summed E-state index contributed by atoms with van der Waals surface area (Å²) in [5, 5.41) is 0. The van der Waals surface area contributed by atoms with Gasteiger partial charge in [-0.05, 0) is 18.3 Å². The van der Waals surface area contributed by atoms with Gasteiger partial charge in [-0.25, -0.2) is 0 Å². The largest absolute Gasteiger partial charge is 0.343 e. The highest BCUT2D eigenvalue weighted by molar-refractivity contribution is 5.76. The van der Waals surface area contributed by atoms with Crippen LogP contribution in [0, 0.1) is 5.41 Å². The number of carbonyl (C=O) groups excluding carboxylic acids is 1. The third-order valence-electron chi connectivity index (χ3n) is 2.31. The van der Waals surface area contributed by atoms with Crippen molar-refractivity contribution in [2.24, 2.45) is 5.41 Å². The SMILES string of the molecule is CCCCN(CCC)C(=O)CC(C)(C)C. The van der Waals surface area contributed by atoms with Crippen molar-refractivity contribution in [3.63, 3.8) is 0 Å². The molecule has 0 aliphatic carbocycles. The van der Waals surface area contributed by atoms with Crippen molar-refractivity contribution >= 4 is 5.91 Å². The van der Waals surface area contributed by atoms with E-state index < -0.39 is 0 Å². The molecule has 0 radical (unpaired) electrons. The quantitative estimate of drug-likeness (QED) is 0.661. The van der Waals surface area contributed by atoms with E-state index in [4.69, 9.17) is 0 Å². The van der Waals surface area contributed by atoms with E-state index in [9.17, 15) is 4.79 Å². The van der Waals surface area contributed by atoms with Crippen molar-refractivity contribution in [1.29, 1.82) is 0 Å². The average Bonchev–Trinajstić information content (AvgIpc) is 2.09. The Labute approximate surface area is 95.0 Å². The molecule has 0 rings (SSSR count). The smallest absolute Gasteiger partial charge is 0.223 e. The monoisotopic (exact) mass is 213 g/mol. The molecule has 0 heterocycles. The number of carbonyl (C=O) groups is 1. The summed E-state index contributed by atoms with van der Waals surface area (Å²) >= 11 is 0. The van der Waals surface area contributed by atoms with Crippen LogP contribution in [0.1, 0.15) is 60.3 Å². The van der Waals surface area contributed by atoms with E-state index in [-0.39, 0.29) is 5.41 Å². The van der Waals surface area contributed by atoms with Gasteiger partial charge < -0.3 is 4.90 Å². The molecule has 0 saturated heterocycles. The lowest BCUT2D eigenvalue weighted by Crippen LogP contribution is -2.35. The Kier molecular flexibility index (Phi) is 6.62. The summed E-state index contributed by atoms with van der Waals surface area (Å²) in [4.78, 5) is 14.0. The summed E-state index contributed by atoms with van der Waals surface area (Å²) in [6.45, 7) is 12.5. The molecule has 0 unspecified atom stereocenters. The molecule has 0 aromatic heterocycles. The number of amides is 1. The van der Waals surface area contributed by atoms with Crippen LogP contribution in [0.5, 0.6) is 0 Å². The van der Waals surface area contributed by atoms with Gasteiger partial charge in [-0.1, -0.05) is 41.0 Å². The van der Waals surface area contributed by atoms with Crippen LogP contribution in [0.2, 0.25) is 0 Å². The predicted octanol–water partition coefficient (Wildman–Crippen LogP) is 3.46. The zero-order valence-corrected chi connectivity index (χ0v) is 11.1. The molecule has 0 saturated carbocycles. The van der Waals surface area contributed by atoms with Crippen molar-refractivity contribution < 1.29 is 4.79 Å². The fraction of sp³-hybridized carbons (Fsp3) is 0.923. The minimum atomic E-state index is 0.106. The van der Waals surface area contributed by atoms with Crippen molar-refractivity contribution in [3.8, 4) is 0 Å². The lowest BCUT2D eigenvalue weighted by Gasteiger charge is -2.26. The molecule has 0 aromatic rings. The van der Waals surface area contributed by atoms with E-state index in [0.29, 0.717) is 12.3 Å². The second-order valence-electron chi connectivity index (χ2n) is 5.47. The second-order valence-corrected chi connectivity index (χ2v) is 5.47. The van der Waals surface area contributed by atoms with Gasteiger partial charge >= 0.3 is 0 Å². The second kappa shape index (κ2) is 6.86. The third kappa shape index (κ3) is 7.40. The van der Waals surface area contributed by atoms with Gasteiger partial charge in [-0.15, -0.1) is 0 Å². The molecule has 2 nitrogen and oxygen atoms in total. The Bertz CT molecular complexity index is 181. The Morgan fingerprint density at radius 2 is 1.67 bits per heavy atom. The van der Waals surface area contributed by atoms with Crippen molar-refractivity contribution in [1.82, 2.24) is 4.90 Å². The fourth-order valence-electron chi connectivity index (χ4n) is 1.55. The van der Waals surface area contributed by atoms with Gasteiger partial charge in [0.15, 0.2) is 0 Å². The van der Waals surface area contributed by atoms with Crippen LogP contribution in [-0.4, -0.2) is 23.9 Å². The predicted molar refractivity (Wildman–Crippen MR) is 65.9 cm³/mol. The molecule has 0 spiro atoms. The molecule has 15 heavy (non-hydrogen) atoms. The summed E-state index contributed by atoms with van der Waals surface area (Å²) in [7, 11) is 0. The van der Waals surface area contributed by atoms with Gasteiger partial charge in [0, 0.05) is 19.5 Å². The first-order valence-corrected chi connectivity index (χ1v) is 6.18. The highest BCUT2D eigenvalue weighted by Gasteiger charge is 2.20. The molecule has 2 heteroatoms. The van der Waals surface area contributed by atoms with E-state index in [2.05, 4.69) is 34.6 Å². The van der Waals surface area contributed by atoms with E-state index in [1.807, 2.05) is 4.90 Å². The number of rotatable bonds is 6. The van der Waals surface area contributed by atoms with Crippen LogP contribution in [0.3, 0.4) is 0 Å². The van der Waals surface area contributed by atoms with Crippen LogP contribution in [0.4, 0.5) is 0 Å². The summed E-state index contributed by atoms with van der Waals surface area (Å²) in [5.74, 6) is 0.317. The van der Waals surface area contributed by atoms with Crippen molar-refractivity contribution in [2.45, 2.75) is 60.3 Å². The summed E-state index contributed by atoms with van der Waals surface area (Å²) in [6, 6.07) is 0. The van der Waals surface area contributed by atoms with Gasteiger partial charge in [0.2, 0.25) is 5.91 Å². The summed E-state index contributed by atoms with van der Waals surface area (Å²) < 4.78 is 0. The Morgan fingerprint density at radius 1 is 1.07 bits per heavy atom. The minimum Gasteiger partial charge on any atom is -0.343 e. The van der Waals surface area contributed by atoms with Gasteiger partial charge in [-0.2, -0.15) is 0 Å². The molecule has 0 aliphatic heterocycles. The van der Waals surface area contributed by atoms with E-state index >= 15 is 0 Å². The molecule has 1 amide bonds. The van der Waals surface area contributed by atoms with Gasteiger partial charge in [0.1, 0.15) is 0 Å². The highest BCUT2D eigenvalue weighted by Crippen LogP contribution is 2.20. The molecule has 0 aromatic carbocycles. The van der Waals surface area contributed by atoms with Gasteiger partial charge in [0.25, 0.3) is 0 Å². The lowest BCUT2D eigenvalue weighted by atomic mass is 9.91. The van der Waals surface area contributed by atoms with Crippen LogP contribution in [0.15, 0.2) is 0 Å². The fourth-order valence-corrected chi connectivity index (χ4v) is 1.55. The number of hydrogen-bond donors (Lipinski definition) is 0. The maximum atomic E-state index is 12.0. The maximum absolute atomic E-state index is 12.0. The highest BCUT2D eigenvalue weighted by atomic mass is 16.2. The molecular weight excluding hydrogens is 186 g/mol. The van der Waals surface area contributed by atoms with Gasteiger partial charge in [0.05, 0.1) is 0 Å². The third-order valence-corrected chi connectivity index (χ3v) is 2.31. The molecule has 0 N–H and O–H groups in total. The van der Waals surface area contributed by atoms with Crippen LogP contribution in [-0.2, 0) is 4.79 Å². The lowest BCUT2D eigenvalue weighted by molar-refractivity contribution is -0.133. The van der Waals surface area contributed by atoms with E-state index in [0.717, 1.165) is 32.4 Å². The van der Waals surface area contributed by atoms with Crippen LogP contribution >= 0.6 is 0 Å². The van der Waals surface area contributed by atoms with Crippen molar-refractivity contribution in [2.75, 3.05) is 13.1 Å². The summed E-state index contributed by atoms with van der Waals surface area (Å²) in [5.41, 5.74) is 0.106. The number of unbranched alkanes of at least 4 members (excludes halogenated alkanes) is 1. The van der Waals surface area contributed by atoms with Gasteiger partial charge in [-0.3, -0.25) is 4.79 Å². The zero-order valence-electron chi connectivity index (χ0n) is 11.1. The molecule has 0 fully saturated rings. The molecule has 0 bridgehead atoms. The summed E-state index contributed by atoms with van der Waals surface area (Å²) in [6.07, 6.45) is 4.00. The molecular formula is C13H27NO. The first-order chi connectivity index (χ1) is 6.90.